The maximum Gasteiger partial charge on any atom is 0.349 e. The molecule has 0 aliphatic carbocycles. The Morgan fingerprint density at radius 1 is 1.22 bits per heavy atom. The fourth-order valence-electron chi connectivity index (χ4n) is 2.79. The van der Waals surface area contributed by atoms with Crippen LogP contribution < -0.4 is 0 Å². The third-order valence-corrected chi connectivity index (χ3v) is 5.12. The van der Waals surface area contributed by atoms with E-state index in [-0.39, 0.29) is 5.91 Å². The van der Waals surface area contributed by atoms with Gasteiger partial charge in [-0.15, -0.1) is 11.3 Å². The van der Waals surface area contributed by atoms with Crippen molar-refractivity contribution in [2.45, 2.75) is 32.9 Å². The van der Waals surface area contributed by atoms with Crippen molar-refractivity contribution in [3.05, 3.63) is 57.3 Å². The number of nitrogens with zero attached hydrogens (tertiary/aromatic N) is 1. The second-order valence-corrected chi connectivity index (χ2v) is 6.67. The minimum absolute atomic E-state index is 0.137. The highest BCUT2D eigenvalue weighted by molar-refractivity contribution is 7.12. The SMILES string of the molecule is Cc1ccsc1C(=O)O[C@H](C)C(=O)N1CCc2ccccc2C1. The molecule has 0 saturated carbocycles. The summed E-state index contributed by atoms with van der Waals surface area (Å²) in [5.41, 5.74) is 3.33. The van der Waals surface area contributed by atoms with Crippen LogP contribution in [0.4, 0.5) is 0 Å². The number of ether oxygens (including phenoxy) is 1. The topological polar surface area (TPSA) is 46.6 Å². The van der Waals surface area contributed by atoms with Crippen LogP contribution in [-0.2, 0) is 22.5 Å². The predicted molar refractivity (Wildman–Crippen MR) is 89.5 cm³/mol. The number of esters is 1. The zero-order chi connectivity index (χ0) is 16.4. The summed E-state index contributed by atoms with van der Waals surface area (Å²) in [6, 6.07) is 10.0. The Morgan fingerprint density at radius 2 is 1.96 bits per heavy atom. The molecule has 23 heavy (non-hydrogen) atoms. The Kier molecular flexibility index (Phi) is 4.48. The van der Waals surface area contributed by atoms with Gasteiger partial charge in [-0.3, -0.25) is 4.79 Å². The lowest BCUT2D eigenvalue weighted by atomic mass is 9.99. The molecule has 1 aromatic carbocycles. The second kappa shape index (κ2) is 6.54. The first-order valence-corrected chi connectivity index (χ1v) is 8.55. The van der Waals surface area contributed by atoms with Gasteiger partial charge in [0, 0.05) is 13.1 Å². The number of carbonyl (C=O) groups is 2. The van der Waals surface area contributed by atoms with Crippen LogP contribution in [0.3, 0.4) is 0 Å². The highest BCUT2D eigenvalue weighted by atomic mass is 32.1. The lowest BCUT2D eigenvalue weighted by Crippen LogP contribution is -2.42. The Balaban J connectivity index is 1.64. The molecule has 0 bridgehead atoms. The van der Waals surface area contributed by atoms with Gasteiger partial charge < -0.3 is 9.64 Å². The van der Waals surface area contributed by atoms with E-state index in [1.54, 1.807) is 11.8 Å². The minimum Gasteiger partial charge on any atom is -0.448 e. The van der Waals surface area contributed by atoms with Crippen LogP contribution in [0.2, 0.25) is 0 Å². The average molecular weight is 329 g/mol. The molecule has 0 spiro atoms. The number of aryl methyl sites for hydroxylation is 1. The Hall–Kier alpha value is -2.14. The summed E-state index contributed by atoms with van der Waals surface area (Å²) in [4.78, 5) is 27.0. The lowest BCUT2D eigenvalue weighted by molar-refractivity contribution is -0.140. The van der Waals surface area contributed by atoms with Crippen LogP contribution in [0.15, 0.2) is 35.7 Å². The molecule has 120 valence electrons. The van der Waals surface area contributed by atoms with Crippen molar-refractivity contribution in [2.75, 3.05) is 6.54 Å². The summed E-state index contributed by atoms with van der Waals surface area (Å²) in [5.74, 6) is -0.558. The number of rotatable bonds is 3. The number of hydrogen-bond acceptors (Lipinski definition) is 4. The van der Waals surface area contributed by atoms with E-state index in [0.29, 0.717) is 18.0 Å². The molecule has 1 aliphatic rings. The number of thiophene rings is 1. The van der Waals surface area contributed by atoms with Gasteiger partial charge in [0.05, 0.1) is 0 Å². The molecule has 1 amide bonds. The Labute approximate surface area is 139 Å². The molecule has 0 saturated heterocycles. The van der Waals surface area contributed by atoms with Crippen LogP contribution in [0.5, 0.6) is 0 Å². The molecular weight excluding hydrogens is 310 g/mol. The first kappa shape index (κ1) is 15.7. The number of hydrogen-bond donors (Lipinski definition) is 0. The van der Waals surface area contributed by atoms with E-state index in [1.165, 1.54) is 22.5 Å². The average Bonchev–Trinajstić information content (AvgIpc) is 2.99. The van der Waals surface area contributed by atoms with Gasteiger partial charge in [-0.05, 0) is 48.4 Å². The molecule has 3 rings (SSSR count). The van der Waals surface area contributed by atoms with Gasteiger partial charge in [0.2, 0.25) is 0 Å². The van der Waals surface area contributed by atoms with E-state index in [2.05, 4.69) is 6.07 Å². The highest BCUT2D eigenvalue weighted by Gasteiger charge is 2.27. The van der Waals surface area contributed by atoms with Gasteiger partial charge in [-0.1, -0.05) is 24.3 Å². The third-order valence-electron chi connectivity index (χ3n) is 4.12. The standard InChI is InChI=1S/C18H19NO3S/c1-12-8-10-23-16(12)18(21)22-13(2)17(20)19-9-7-14-5-3-4-6-15(14)11-19/h3-6,8,10,13H,7,9,11H2,1-2H3/t13-/m1/s1. The number of fused-ring (bicyclic) bond motifs is 1. The Bertz CT molecular complexity index is 737. The monoisotopic (exact) mass is 329 g/mol. The zero-order valence-electron chi connectivity index (χ0n) is 13.2. The first-order chi connectivity index (χ1) is 11.1. The summed E-state index contributed by atoms with van der Waals surface area (Å²) in [6.07, 6.45) is 0.0707. The summed E-state index contributed by atoms with van der Waals surface area (Å²) in [7, 11) is 0. The van der Waals surface area contributed by atoms with E-state index < -0.39 is 12.1 Å². The molecule has 0 N–H and O–H groups in total. The maximum atomic E-state index is 12.5. The molecule has 0 fully saturated rings. The molecule has 0 unspecified atom stereocenters. The largest absolute Gasteiger partial charge is 0.448 e. The predicted octanol–water partition coefficient (Wildman–Crippen LogP) is 3.19. The molecule has 2 aromatic rings. The summed E-state index contributed by atoms with van der Waals surface area (Å²) in [6.45, 7) is 4.75. The van der Waals surface area contributed by atoms with Crippen LogP contribution >= 0.6 is 11.3 Å². The fourth-order valence-corrected chi connectivity index (χ4v) is 3.59. The van der Waals surface area contributed by atoms with Gasteiger partial charge in [0.15, 0.2) is 6.10 Å². The fraction of sp³-hybridized carbons (Fsp3) is 0.333. The van der Waals surface area contributed by atoms with Crippen LogP contribution in [-0.4, -0.2) is 29.4 Å². The van der Waals surface area contributed by atoms with Crippen molar-refractivity contribution in [2.24, 2.45) is 0 Å². The van der Waals surface area contributed by atoms with Crippen LogP contribution in [0.25, 0.3) is 0 Å². The molecule has 5 heteroatoms. The van der Waals surface area contributed by atoms with Crippen LogP contribution in [0, 0.1) is 6.92 Å². The Morgan fingerprint density at radius 3 is 2.65 bits per heavy atom. The van der Waals surface area contributed by atoms with E-state index in [9.17, 15) is 9.59 Å². The number of benzene rings is 1. The van der Waals surface area contributed by atoms with E-state index >= 15 is 0 Å². The molecule has 1 aliphatic heterocycles. The van der Waals surface area contributed by atoms with Crippen molar-refractivity contribution in [1.29, 1.82) is 0 Å². The number of amides is 1. The quantitative estimate of drug-likeness (QED) is 0.813. The maximum absolute atomic E-state index is 12.5. The molecular formula is C18H19NO3S. The summed E-state index contributed by atoms with van der Waals surface area (Å²) >= 11 is 1.34. The smallest absolute Gasteiger partial charge is 0.349 e. The van der Waals surface area contributed by atoms with Gasteiger partial charge in [0.25, 0.3) is 5.91 Å². The first-order valence-electron chi connectivity index (χ1n) is 7.67. The van der Waals surface area contributed by atoms with Gasteiger partial charge in [-0.2, -0.15) is 0 Å². The van der Waals surface area contributed by atoms with E-state index in [0.717, 1.165) is 12.0 Å². The van der Waals surface area contributed by atoms with Gasteiger partial charge in [-0.25, -0.2) is 4.79 Å². The van der Waals surface area contributed by atoms with Crippen molar-refractivity contribution in [3.63, 3.8) is 0 Å². The molecule has 4 nitrogen and oxygen atoms in total. The minimum atomic E-state index is -0.769. The van der Waals surface area contributed by atoms with Crippen molar-refractivity contribution < 1.29 is 14.3 Å². The lowest BCUT2D eigenvalue weighted by Gasteiger charge is -2.30. The molecule has 0 radical (unpaired) electrons. The van der Waals surface area contributed by atoms with Crippen molar-refractivity contribution in [1.82, 2.24) is 4.90 Å². The summed E-state index contributed by atoms with van der Waals surface area (Å²) in [5, 5.41) is 1.85. The van der Waals surface area contributed by atoms with E-state index in [4.69, 9.17) is 4.74 Å². The summed E-state index contributed by atoms with van der Waals surface area (Å²) < 4.78 is 5.36. The third kappa shape index (κ3) is 3.29. The zero-order valence-corrected chi connectivity index (χ0v) is 14.1. The second-order valence-electron chi connectivity index (χ2n) is 5.76. The van der Waals surface area contributed by atoms with E-state index in [1.807, 2.05) is 36.6 Å². The van der Waals surface area contributed by atoms with Gasteiger partial charge >= 0.3 is 5.97 Å². The van der Waals surface area contributed by atoms with Crippen molar-refractivity contribution in [3.8, 4) is 0 Å². The molecule has 1 atom stereocenters. The van der Waals surface area contributed by atoms with Crippen LogP contribution in [0.1, 0.15) is 33.3 Å². The van der Waals surface area contributed by atoms with Crippen molar-refractivity contribution >= 4 is 23.2 Å². The molecule has 1 aromatic heterocycles. The number of carbonyl (C=O) groups excluding carboxylic acids is 2. The van der Waals surface area contributed by atoms with Gasteiger partial charge in [0.1, 0.15) is 4.88 Å². The molecule has 2 heterocycles. The highest BCUT2D eigenvalue weighted by Crippen LogP contribution is 2.21. The normalized spacial score (nSPS) is 15.0.